The van der Waals surface area contributed by atoms with E-state index in [-0.39, 0.29) is 6.61 Å². The van der Waals surface area contributed by atoms with Crippen LogP contribution in [0.15, 0.2) is 60.7 Å². The summed E-state index contributed by atoms with van der Waals surface area (Å²) in [6.45, 7) is 4.36. The Morgan fingerprint density at radius 1 is 1.25 bits per heavy atom. The van der Waals surface area contributed by atoms with Gasteiger partial charge in [0.2, 0.25) is 5.37 Å². The molecule has 0 bridgehead atoms. The van der Waals surface area contributed by atoms with Crippen molar-refractivity contribution in [3.8, 4) is 0 Å². The minimum Gasteiger partial charge on any atom is -0.591 e. The van der Waals surface area contributed by atoms with Crippen LogP contribution in [0.3, 0.4) is 0 Å². The fourth-order valence-electron chi connectivity index (χ4n) is 2.75. The molecular formula is C20H23N3O3S2. The lowest BCUT2D eigenvalue weighted by molar-refractivity contribution is 0.138. The summed E-state index contributed by atoms with van der Waals surface area (Å²) in [5.74, 6) is 0. The largest absolute Gasteiger partial charge is 0.591 e. The topological polar surface area (TPSA) is 76.7 Å². The van der Waals surface area contributed by atoms with Crippen LogP contribution >= 0.6 is 12.2 Å². The summed E-state index contributed by atoms with van der Waals surface area (Å²) in [6.07, 6.45) is -0.636. The van der Waals surface area contributed by atoms with Crippen LogP contribution in [0.25, 0.3) is 0 Å². The van der Waals surface area contributed by atoms with E-state index >= 15 is 0 Å². The summed E-state index contributed by atoms with van der Waals surface area (Å²) in [5.41, 5.74) is 1.16. The van der Waals surface area contributed by atoms with Gasteiger partial charge >= 0.3 is 6.09 Å². The van der Waals surface area contributed by atoms with Crippen molar-refractivity contribution in [1.82, 2.24) is 14.9 Å². The molecule has 2 aromatic rings. The van der Waals surface area contributed by atoms with Crippen molar-refractivity contribution in [2.45, 2.75) is 31.4 Å². The highest BCUT2D eigenvalue weighted by Crippen LogP contribution is 2.28. The first-order valence-corrected chi connectivity index (χ1v) is 10.5. The van der Waals surface area contributed by atoms with Crippen LogP contribution in [0.4, 0.5) is 4.79 Å². The van der Waals surface area contributed by atoms with E-state index in [1.54, 1.807) is 4.31 Å². The minimum absolute atomic E-state index is 0.136. The van der Waals surface area contributed by atoms with E-state index in [1.807, 2.05) is 74.5 Å². The van der Waals surface area contributed by atoms with E-state index < -0.39 is 28.4 Å². The van der Waals surface area contributed by atoms with E-state index in [2.05, 4.69) is 10.6 Å². The summed E-state index contributed by atoms with van der Waals surface area (Å²) in [6, 6.07) is 18.6. The minimum atomic E-state index is -1.61. The van der Waals surface area contributed by atoms with E-state index in [1.165, 1.54) is 0 Å². The molecule has 2 atom stereocenters. The highest BCUT2D eigenvalue weighted by Gasteiger charge is 2.44. The monoisotopic (exact) mass is 417 g/mol. The average molecular weight is 418 g/mol. The van der Waals surface area contributed by atoms with E-state index in [0.29, 0.717) is 17.2 Å². The number of alkyl carbamates (subject to hydrolysis) is 1. The SMILES string of the molecule is CC1(C)NCN([S+]([O-])C(NC(=O)OCc2ccccc2)c2ccccc2)C1=S. The number of carbonyl (C=O) groups is 1. The standard InChI is InChI=1S/C20H23N3O3S2/c1-20(2)18(27)23(14-21-20)28(25)17(16-11-7-4-8-12-16)22-19(24)26-13-15-9-5-3-6-10-15/h3-12,17,21H,13-14H2,1-2H3,(H,22,24). The number of nitrogens with one attached hydrogen (secondary N) is 2. The van der Waals surface area contributed by atoms with Gasteiger partial charge in [0.25, 0.3) is 0 Å². The third-order valence-electron chi connectivity index (χ3n) is 4.41. The van der Waals surface area contributed by atoms with Gasteiger partial charge in [-0.05, 0) is 19.4 Å². The fraction of sp³-hybridized carbons (Fsp3) is 0.300. The lowest BCUT2D eigenvalue weighted by atomic mass is 10.1. The number of hydrogen-bond acceptors (Lipinski definition) is 5. The van der Waals surface area contributed by atoms with Crippen molar-refractivity contribution >= 4 is 34.7 Å². The van der Waals surface area contributed by atoms with Crippen LogP contribution in [0.2, 0.25) is 0 Å². The maximum absolute atomic E-state index is 13.3. The molecule has 1 saturated heterocycles. The second-order valence-corrected chi connectivity index (χ2v) is 8.77. The summed E-state index contributed by atoms with van der Waals surface area (Å²) >= 11 is 3.87. The first kappa shape index (κ1) is 20.6. The van der Waals surface area contributed by atoms with Crippen molar-refractivity contribution in [3.05, 3.63) is 71.8 Å². The zero-order valence-electron chi connectivity index (χ0n) is 15.8. The Hall–Kier alpha value is -2.13. The molecule has 2 N–H and O–H groups in total. The summed E-state index contributed by atoms with van der Waals surface area (Å²) in [7, 11) is 0. The number of amides is 1. The molecule has 1 aliphatic rings. The van der Waals surface area contributed by atoms with Gasteiger partial charge in [0.15, 0.2) is 0 Å². The van der Waals surface area contributed by atoms with Crippen LogP contribution in [0.5, 0.6) is 0 Å². The Kier molecular flexibility index (Phi) is 6.56. The molecule has 2 unspecified atom stereocenters. The Morgan fingerprint density at radius 2 is 1.86 bits per heavy atom. The Bertz CT molecular complexity index is 818. The van der Waals surface area contributed by atoms with Gasteiger partial charge < -0.3 is 9.29 Å². The molecule has 1 aliphatic heterocycles. The van der Waals surface area contributed by atoms with E-state index in [9.17, 15) is 9.35 Å². The summed E-state index contributed by atoms with van der Waals surface area (Å²) in [5, 5.41) is 5.19. The molecule has 8 heteroatoms. The zero-order valence-corrected chi connectivity index (χ0v) is 17.4. The van der Waals surface area contributed by atoms with Gasteiger partial charge in [0.05, 0.1) is 16.9 Å². The van der Waals surface area contributed by atoms with Gasteiger partial charge in [-0.3, -0.25) is 10.6 Å². The maximum atomic E-state index is 13.3. The highest BCUT2D eigenvalue weighted by molar-refractivity contribution is 7.91. The van der Waals surface area contributed by atoms with Crippen LogP contribution < -0.4 is 10.6 Å². The summed E-state index contributed by atoms with van der Waals surface area (Å²) in [4.78, 5) is 12.9. The molecule has 6 nitrogen and oxygen atoms in total. The molecule has 0 radical (unpaired) electrons. The predicted octanol–water partition coefficient (Wildman–Crippen LogP) is 3.24. The highest BCUT2D eigenvalue weighted by atomic mass is 32.2. The molecule has 0 aromatic heterocycles. The lowest BCUT2D eigenvalue weighted by Crippen LogP contribution is -2.45. The average Bonchev–Trinajstić information content (AvgIpc) is 2.98. The van der Waals surface area contributed by atoms with Gasteiger partial charge in [-0.25, -0.2) is 4.79 Å². The molecule has 28 heavy (non-hydrogen) atoms. The van der Waals surface area contributed by atoms with Crippen molar-refractivity contribution in [2.24, 2.45) is 0 Å². The molecule has 1 fully saturated rings. The number of ether oxygens (including phenoxy) is 1. The fourth-order valence-corrected chi connectivity index (χ4v) is 4.53. The van der Waals surface area contributed by atoms with Gasteiger partial charge in [-0.1, -0.05) is 72.9 Å². The number of benzene rings is 2. The lowest BCUT2D eigenvalue weighted by Gasteiger charge is -2.29. The zero-order chi connectivity index (χ0) is 20.1. The molecule has 148 valence electrons. The first-order chi connectivity index (χ1) is 13.4. The molecular weight excluding hydrogens is 394 g/mol. The number of thiocarbonyl (C=S) groups is 1. The van der Waals surface area contributed by atoms with Crippen molar-refractivity contribution in [3.63, 3.8) is 0 Å². The second-order valence-electron chi connectivity index (χ2n) is 6.92. The molecule has 0 aliphatic carbocycles. The third kappa shape index (κ3) is 4.82. The van der Waals surface area contributed by atoms with Gasteiger partial charge in [-0.2, -0.15) is 4.31 Å². The van der Waals surface area contributed by atoms with Crippen LogP contribution in [-0.4, -0.2) is 32.1 Å². The molecule has 0 spiro atoms. The van der Waals surface area contributed by atoms with Gasteiger partial charge in [-0.15, -0.1) is 0 Å². The van der Waals surface area contributed by atoms with Crippen molar-refractivity contribution in [2.75, 3.05) is 6.67 Å². The maximum Gasteiger partial charge on any atom is 0.411 e. The molecule has 1 heterocycles. The van der Waals surface area contributed by atoms with Gasteiger partial charge in [0, 0.05) is 5.56 Å². The third-order valence-corrected chi connectivity index (χ3v) is 6.79. The number of hydrogen-bond donors (Lipinski definition) is 2. The smallest absolute Gasteiger partial charge is 0.411 e. The van der Waals surface area contributed by atoms with E-state index in [4.69, 9.17) is 17.0 Å². The van der Waals surface area contributed by atoms with Gasteiger partial charge in [0.1, 0.15) is 18.3 Å². The second kappa shape index (κ2) is 8.91. The number of carbonyl (C=O) groups excluding carboxylic acids is 1. The first-order valence-electron chi connectivity index (χ1n) is 8.88. The molecule has 2 aromatic carbocycles. The van der Waals surface area contributed by atoms with Crippen molar-refractivity contribution in [1.29, 1.82) is 0 Å². The van der Waals surface area contributed by atoms with Crippen LogP contribution in [0.1, 0.15) is 30.3 Å². The van der Waals surface area contributed by atoms with E-state index in [0.717, 1.165) is 5.56 Å². The van der Waals surface area contributed by atoms with Crippen LogP contribution in [0, 0.1) is 0 Å². The predicted molar refractivity (Wildman–Crippen MR) is 114 cm³/mol. The Labute approximate surface area is 173 Å². The van der Waals surface area contributed by atoms with Crippen LogP contribution in [-0.2, 0) is 22.7 Å². The quantitative estimate of drug-likeness (QED) is 0.555. The Balaban J connectivity index is 1.72. The van der Waals surface area contributed by atoms with Crippen molar-refractivity contribution < 1.29 is 14.1 Å². The Morgan fingerprint density at radius 3 is 2.43 bits per heavy atom. The summed E-state index contributed by atoms with van der Waals surface area (Å²) < 4.78 is 20.2. The molecule has 0 saturated carbocycles. The molecule has 3 rings (SSSR count). The molecule has 1 amide bonds. The normalized spacial score (nSPS) is 17.8. The number of nitrogens with zero attached hydrogens (tertiary/aromatic N) is 1. The number of rotatable bonds is 6.